The van der Waals surface area contributed by atoms with Crippen LogP contribution in [0.1, 0.15) is 18.9 Å². The Labute approximate surface area is 193 Å². The number of benzene rings is 2. The molecule has 0 aliphatic heterocycles. The second kappa shape index (κ2) is 10.7. The van der Waals surface area contributed by atoms with Gasteiger partial charge in [-0.25, -0.2) is 4.39 Å². The standard InChI is InChI=1S/C21H19Cl2FN4O2S/c1-3-10-28-20(13(2)30-18-7-5-4-6-15(18)23)26-27-21(28)31-12-19(29)25-17-9-8-14(22)11-16(17)24/h3-9,11,13H,1,10,12H2,2H3,(H,25,29). The number of nitrogens with one attached hydrogen (secondary N) is 1. The number of aromatic nitrogens is 3. The van der Waals surface area contributed by atoms with Crippen molar-refractivity contribution in [1.82, 2.24) is 14.8 Å². The zero-order valence-corrected chi connectivity index (χ0v) is 18.8. The van der Waals surface area contributed by atoms with E-state index in [1.807, 2.05) is 19.1 Å². The zero-order chi connectivity index (χ0) is 22.4. The monoisotopic (exact) mass is 480 g/mol. The number of amides is 1. The molecule has 1 heterocycles. The van der Waals surface area contributed by atoms with E-state index in [0.29, 0.717) is 28.3 Å². The van der Waals surface area contributed by atoms with Gasteiger partial charge in [0.25, 0.3) is 0 Å². The Bertz CT molecular complexity index is 1090. The zero-order valence-electron chi connectivity index (χ0n) is 16.5. The number of halogens is 3. The van der Waals surface area contributed by atoms with Crippen LogP contribution >= 0.6 is 35.0 Å². The number of anilines is 1. The summed E-state index contributed by atoms with van der Waals surface area (Å²) < 4.78 is 21.6. The van der Waals surface area contributed by atoms with Gasteiger partial charge in [-0.15, -0.1) is 16.8 Å². The van der Waals surface area contributed by atoms with Crippen LogP contribution in [0.3, 0.4) is 0 Å². The molecular formula is C21H19Cl2FN4O2S. The summed E-state index contributed by atoms with van der Waals surface area (Å²) >= 11 is 13.1. The van der Waals surface area contributed by atoms with Crippen molar-refractivity contribution in [1.29, 1.82) is 0 Å². The molecule has 1 atom stereocenters. The van der Waals surface area contributed by atoms with E-state index in [1.165, 1.54) is 23.9 Å². The molecule has 0 aliphatic carbocycles. The first kappa shape index (κ1) is 23.1. The lowest BCUT2D eigenvalue weighted by atomic mass is 10.3. The van der Waals surface area contributed by atoms with Gasteiger partial charge in [0.2, 0.25) is 5.91 Å². The average molecular weight is 481 g/mol. The van der Waals surface area contributed by atoms with Crippen LogP contribution in [0.5, 0.6) is 5.75 Å². The van der Waals surface area contributed by atoms with E-state index in [0.717, 1.165) is 6.07 Å². The molecule has 162 valence electrons. The fourth-order valence-electron chi connectivity index (χ4n) is 2.70. The van der Waals surface area contributed by atoms with Gasteiger partial charge in [0.1, 0.15) is 11.6 Å². The minimum atomic E-state index is -0.603. The Kier molecular flexibility index (Phi) is 7.95. The molecule has 0 saturated heterocycles. The summed E-state index contributed by atoms with van der Waals surface area (Å²) in [7, 11) is 0. The van der Waals surface area contributed by atoms with Crippen LogP contribution in [0.2, 0.25) is 10.0 Å². The van der Waals surface area contributed by atoms with Crippen LogP contribution in [0, 0.1) is 5.82 Å². The lowest BCUT2D eigenvalue weighted by Gasteiger charge is -2.16. The van der Waals surface area contributed by atoms with Gasteiger partial charge in [-0.1, -0.05) is 53.2 Å². The van der Waals surface area contributed by atoms with Gasteiger partial charge < -0.3 is 10.1 Å². The van der Waals surface area contributed by atoms with Gasteiger partial charge in [0, 0.05) is 11.6 Å². The Morgan fingerprint density at radius 3 is 2.81 bits per heavy atom. The molecule has 1 amide bonds. The number of thioether (sulfide) groups is 1. The van der Waals surface area contributed by atoms with Crippen LogP contribution in [-0.2, 0) is 11.3 Å². The van der Waals surface area contributed by atoms with Crippen LogP contribution in [0.4, 0.5) is 10.1 Å². The van der Waals surface area contributed by atoms with Crippen LogP contribution in [-0.4, -0.2) is 26.4 Å². The Balaban J connectivity index is 1.69. The SMILES string of the molecule is C=CCn1c(SCC(=O)Nc2ccc(Cl)cc2F)nnc1C(C)Oc1ccccc1Cl. The maximum Gasteiger partial charge on any atom is 0.234 e. The van der Waals surface area contributed by atoms with Gasteiger partial charge in [0.15, 0.2) is 17.1 Å². The van der Waals surface area contributed by atoms with Gasteiger partial charge in [0.05, 0.1) is 16.5 Å². The largest absolute Gasteiger partial charge is 0.481 e. The summed E-state index contributed by atoms with van der Waals surface area (Å²) in [5.41, 5.74) is 0.0602. The molecular weight excluding hydrogens is 462 g/mol. The Hall–Kier alpha value is -2.55. The van der Waals surface area contributed by atoms with E-state index in [1.54, 1.807) is 22.8 Å². The third kappa shape index (κ3) is 6.00. The highest BCUT2D eigenvalue weighted by molar-refractivity contribution is 7.99. The number of carbonyl (C=O) groups is 1. The van der Waals surface area contributed by atoms with Crippen molar-refractivity contribution in [2.75, 3.05) is 11.1 Å². The van der Waals surface area contributed by atoms with E-state index in [9.17, 15) is 9.18 Å². The molecule has 1 aromatic heterocycles. The van der Waals surface area contributed by atoms with Crippen molar-refractivity contribution in [2.24, 2.45) is 0 Å². The summed E-state index contributed by atoms with van der Waals surface area (Å²) in [4.78, 5) is 12.3. The molecule has 0 spiro atoms. The number of carbonyl (C=O) groups excluding carboxylic acids is 1. The summed E-state index contributed by atoms with van der Waals surface area (Å²) in [6, 6.07) is 11.2. The fourth-order valence-corrected chi connectivity index (χ4v) is 3.79. The predicted octanol–water partition coefficient (Wildman–Crippen LogP) is 5.78. The highest BCUT2D eigenvalue weighted by Crippen LogP contribution is 2.29. The van der Waals surface area contributed by atoms with E-state index in [-0.39, 0.29) is 22.4 Å². The summed E-state index contributed by atoms with van der Waals surface area (Å²) in [6.45, 7) is 6.02. The molecule has 0 saturated carbocycles. The highest BCUT2D eigenvalue weighted by Gasteiger charge is 2.20. The van der Waals surface area contributed by atoms with Crippen molar-refractivity contribution in [2.45, 2.75) is 24.7 Å². The molecule has 0 radical (unpaired) electrons. The first-order valence-corrected chi connectivity index (χ1v) is 11.0. The first-order chi connectivity index (χ1) is 14.9. The number of rotatable bonds is 9. The summed E-state index contributed by atoms with van der Waals surface area (Å²) in [6.07, 6.45) is 1.25. The number of allylic oxidation sites excluding steroid dienone is 1. The van der Waals surface area contributed by atoms with Gasteiger partial charge in [-0.3, -0.25) is 9.36 Å². The maximum atomic E-state index is 13.9. The van der Waals surface area contributed by atoms with Crippen molar-refractivity contribution < 1.29 is 13.9 Å². The molecule has 3 rings (SSSR count). The third-order valence-corrected chi connectivity index (χ3v) is 5.61. The van der Waals surface area contributed by atoms with E-state index < -0.39 is 11.9 Å². The van der Waals surface area contributed by atoms with E-state index in [4.69, 9.17) is 27.9 Å². The second-order valence-electron chi connectivity index (χ2n) is 6.39. The van der Waals surface area contributed by atoms with Crippen molar-refractivity contribution in [3.8, 4) is 5.75 Å². The van der Waals surface area contributed by atoms with Gasteiger partial charge >= 0.3 is 0 Å². The molecule has 0 aliphatic rings. The molecule has 1 unspecified atom stereocenters. The summed E-state index contributed by atoms with van der Waals surface area (Å²) in [5.74, 6) is 0.113. The fraction of sp³-hybridized carbons (Fsp3) is 0.190. The Morgan fingerprint density at radius 1 is 1.32 bits per heavy atom. The van der Waals surface area contributed by atoms with Crippen molar-refractivity contribution in [3.63, 3.8) is 0 Å². The molecule has 10 heteroatoms. The minimum absolute atomic E-state index is 0.0110. The maximum absolute atomic E-state index is 13.9. The second-order valence-corrected chi connectivity index (χ2v) is 8.18. The smallest absolute Gasteiger partial charge is 0.234 e. The van der Waals surface area contributed by atoms with E-state index in [2.05, 4.69) is 22.1 Å². The third-order valence-electron chi connectivity index (χ3n) is 4.10. The summed E-state index contributed by atoms with van der Waals surface area (Å²) in [5, 5.41) is 12.2. The molecule has 0 bridgehead atoms. The number of hydrogen-bond donors (Lipinski definition) is 1. The number of nitrogens with zero attached hydrogens (tertiary/aromatic N) is 3. The number of ether oxygens (including phenoxy) is 1. The molecule has 1 N–H and O–H groups in total. The lowest BCUT2D eigenvalue weighted by molar-refractivity contribution is -0.113. The van der Waals surface area contributed by atoms with Gasteiger partial charge in [-0.05, 0) is 37.3 Å². The molecule has 2 aromatic carbocycles. The minimum Gasteiger partial charge on any atom is -0.481 e. The molecule has 6 nitrogen and oxygen atoms in total. The number of para-hydroxylation sites is 1. The van der Waals surface area contributed by atoms with Crippen LogP contribution in [0.25, 0.3) is 0 Å². The Morgan fingerprint density at radius 2 is 2.10 bits per heavy atom. The normalized spacial score (nSPS) is 11.7. The van der Waals surface area contributed by atoms with Crippen LogP contribution < -0.4 is 10.1 Å². The average Bonchev–Trinajstić information content (AvgIpc) is 3.13. The molecule has 0 fully saturated rings. The van der Waals surface area contributed by atoms with Gasteiger partial charge in [-0.2, -0.15) is 0 Å². The lowest BCUT2D eigenvalue weighted by Crippen LogP contribution is -2.16. The highest BCUT2D eigenvalue weighted by atomic mass is 35.5. The number of hydrogen-bond acceptors (Lipinski definition) is 5. The van der Waals surface area contributed by atoms with Crippen molar-refractivity contribution in [3.05, 3.63) is 76.8 Å². The molecule has 3 aromatic rings. The first-order valence-electron chi connectivity index (χ1n) is 9.22. The predicted molar refractivity (Wildman–Crippen MR) is 121 cm³/mol. The van der Waals surface area contributed by atoms with Crippen LogP contribution in [0.15, 0.2) is 60.3 Å². The van der Waals surface area contributed by atoms with E-state index >= 15 is 0 Å². The molecule has 31 heavy (non-hydrogen) atoms. The topological polar surface area (TPSA) is 69.0 Å². The van der Waals surface area contributed by atoms with Crippen molar-refractivity contribution >= 4 is 46.6 Å². The quantitative estimate of drug-likeness (QED) is 0.310.